The average molecular weight is 661 g/mol. The molecule has 264 valence electrons. The third-order valence-electron chi connectivity index (χ3n) is 15.2. The molecule has 1 N–H and O–H groups in total. The normalized spacial score (nSPS) is 39.4. The van der Waals surface area contributed by atoms with Gasteiger partial charge in [-0.05, 0) is 116 Å². The van der Waals surface area contributed by atoms with Crippen LogP contribution >= 0.6 is 0 Å². The van der Waals surface area contributed by atoms with Crippen LogP contribution in [0.2, 0.25) is 0 Å². The highest BCUT2D eigenvalue weighted by Gasteiger charge is 2.69. The second-order valence-electron chi connectivity index (χ2n) is 18.5. The minimum Gasteiger partial charge on any atom is -0.481 e. The maximum atomic E-state index is 14.3. The molecule has 0 amide bonds. The summed E-state index contributed by atoms with van der Waals surface area (Å²) in [6, 6.07) is 10.1. The van der Waals surface area contributed by atoms with Gasteiger partial charge in [0.2, 0.25) is 0 Å². The Kier molecular flexibility index (Phi) is 9.02. The maximum absolute atomic E-state index is 14.3. The number of ether oxygens (including phenoxy) is 2. The molecular formula is C42H60O6. The number of carboxylic acids is 1. The number of rotatable bonds is 8. The van der Waals surface area contributed by atoms with E-state index in [2.05, 4.69) is 54.5 Å². The Hall–Kier alpha value is -2.63. The SMILES string of the molecule is CC1(C)CC[C@]2(C(=O)OCc3ccccc3)CC[C@]3(C)C(=CC[C@@H]4[C@@]5(C)CC[C@H](OC(=O)CCCC(=O)O)C(C)(C)[C@@H]5CC[C@]43C)[C@@H]2C1. The number of carbonyl (C=O) groups excluding carboxylic acids is 2. The first-order valence-electron chi connectivity index (χ1n) is 18.8. The topological polar surface area (TPSA) is 89.9 Å². The van der Waals surface area contributed by atoms with Gasteiger partial charge in [0.05, 0.1) is 5.41 Å². The van der Waals surface area contributed by atoms with E-state index in [9.17, 15) is 14.4 Å². The first-order valence-corrected chi connectivity index (χ1v) is 18.8. The summed E-state index contributed by atoms with van der Waals surface area (Å²) in [7, 11) is 0. The van der Waals surface area contributed by atoms with Gasteiger partial charge in [0.15, 0.2) is 0 Å². The molecule has 0 aliphatic heterocycles. The van der Waals surface area contributed by atoms with Gasteiger partial charge in [-0.25, -0.2) is 0 Å². The smallest absolute Gasteiger partial charge is 0.313 e. The molecule has 4 saturated carbocycles. The van der Waals surface area contributed by atoms with Crippen molar-refractivity contribution in [2.45, 2.75) is 145 Å². The van der Waals surface area contributed by atoms with Gasteiger partial charge in [-0.1, -0.05) is 90.4 Å². The Labute approximate surface area is 288 Å². The number of hydrogen-bond acceptors (Lipinski definition) is 5. The number of carbonyl (C=O) groups is 3. The maximum Gasteiger partial charge on any atom is 0.313 e. The number of aliphatic carboxylic acids is 1. The highest BCUT2D eigenvalue weighted by molar-refractivity contribution is 5.79. The lowest BCUT2D eigenvalue weighted by molar-refractivity contribution is -0.214. The van der Waals surface area contributed by atoms with Crippen LogP contribution in [0.1, 0.15) is 138 Å². The van der Waals surface area contributed by atoms with Crippen molar-refractivity contribution in [3.63, 3.8) is 0 Å². The molecule has 48 heavy (non-hydrogen) atoms. The fourth-order valence-corrected chi connectivity index (χ4v) is 12.3. The number of carboxylic acid groups (broad SMARTS) is 1. The molecule has 6 nitrogen and oxygen atoms in total. The lowest BCUT2D eigenvalue weighted by Gasteiger charge is -2.71. The molecule has 0 heterocycles. The minimum absolute atomic E-state index is 0.00720. The van der Waals surface area contributed by atoms with Crippen molar-refractivity contribution in [1.82, 2.24) is 0 Å². The summed E-state index contributed by atoms with van der Waals surface area (Å²) >= 11 is 0. The zero-order valence-corrected chi connectivity index (χ0v) is 30.7. The van der Waals surface area contributed by atoms with Crippen molar-refractivity contribution < 1.29 is 29.0 Å². The van der Waals surface area contributed by atoms with Gasteiger partial charge in [0.25, 0.3) is 0 Å². The fourth-order valence-electron chi connectivity index (χ4n) is 12.3. The highest BCUT2D eigenvalue weighted by Crippen LogP contribution is 2.76. The van der Waals surface area contributed by atoms with Gasteiger partial charge >= 0.3 is 17.9 Å². The van der Waals surface area contributed by atoms with E-state index in [1.807, 2.05) is 30.3 Å². The van der Waals surface area contributed by atoms with Crippen molar-refractivity contribution in [2.75, 3.05) is 0 Å². The molecule has 8 atom stereocenters. The predicted molar refractivity (Wildman–Crippen MR) is 187 cm³/mol. The fraction of sp³-hybridized carbons (Fsp3) is 0.738. The van der Waals surface area contributed by atoms with E-state index < -0.39 is 11.4 Å². The average Bonchev–Trinajstić information content (AvgIpc) is 3.01. The van der Waals surface area contributed by atoms with E-state index in [-0.39, 0.29) is 63.9 Å². The number of hydrogen-bond donors (Lipinski definition) is 1. The van der Waals surface area contributed by atoms with E-state index in [0.717, 1.165) is 69.8 Å². The Balaban J connectivity index is 1.26. The van der Waals surface area contributed by atoms with Crippen molar-refractivity contribution in [3.8, 4) is 0 Å². The van der Waals surface area contributed by atoms with E-state index >= 15 is 0 Å². The molecule has 1 aromatic carbocycles. The second kappa shape index (κ2) is 12.3. The first-order chi connectivity index (χ1) is 22.5. The Morgan fingerprint density at radius 2 is 1.54 bits per heavy atom. The van der Waals surface area contributed by atoms with Gasteiger partial charge < -0.3 is 14.6 Å². The standard InChI is InChI=1S/C42H60O6/c1-37(2)22-24-42(36(46)47-27-28-12-9-8-10-13-28)25-23-40(6)29(30(42)26-37)16-17-32-39(5)20-19-33(48-35(45)15-11-14-34(43)44)38(3,4)31(39)18-21-41(32,40)7/h8-10,12-13,16,30-33H,11,14-15,17-27H2,1-7H3,(H,43,44)/t30-,31-,32+,33-,39-,40+,41+,42-/m0/s1. The third-order valence-corrected chi connectivity index (χ3v) is 15.2. The summed E-state index contributed by atoms with van der Waals surface area (Å²) in [5, 5.41) is 9.00. The van der Waals surface area contributed by atoms with Crippen molar-refractivity contribution in [3.05, 3.63) is 47.5 Å². The minimum atomic E-state index is -0.876. The molecule has 0 unspecified atom stereocenters. The molecule has 0 saturated heterocycles. The van der Waals surface area contributed by atoms with Crippen LogP contribution in [0.5, 0.6) is 0 Å². The zero-order valence-electron chi connectivity index (χ0n) is 30.7. The molecule has 5 aliphatic rings. The molecular weight excluding hydrogens is 600 g/mol. The van der Waals surface area contributed by atoms with E-state index in [0.29, 0.717) is 24.9 Å². The van der Waals surface area contributed by atoms with Crippen LogP contribution in [-0.4, -0.2) is 29.1 Å². The van der Waals surface area contributed by atoms with E-state index in [1.54, 1.807) is 5.57 Å². The molecule has 0 radical (unpaired) electrons. The lowest BCUT2D eigenvalue weighted by Crippen LogP contribution is -2.65. The highest BCUT2D eigenvalue weighted by atomic mass is 16.5. The summed E-state index contributed by atoms with van der Waals surface area (Å²) in [5.74, 6) is 0.0166. The van der Waals surface area contributed by atoms with E-state index in [4.69, 9.17) is 14.6 Å². The number of fused-ring (bicyclic) bond motifs is 7. The van der Waals surface area contributed by atoms with Crippen LogP contribution in [0.15, 0.2) is 42.0 Å². The molecule has 1 aromatic rings. The number of esters is 2. The van der Waals surface area contributed by atoms with Crippen LogP contribution < -0.4 is 0 Å². The summed E-state index contributed by atoms with van der Waals surface area (Å²) in [6.07, 6.45) is 13.0. The number of allylic oxidation sites excluding steroid dienone is 2. The van der Waals surface area contributed by atoms with Crippen molar-refractivity contribution in [1.29, 1.82) is 0 Å². The molecule has 5 aliphatic carbocycles. The summed E-state index contributed by atoms with van der Waals surface area (Å²) in [4.78, 5) is 38.0. The van der Waals surface area contributed by atoms with Crippen LogP contribution in [-0.2, 0) is 30.5 Å². The summed E-state index contributed by atoms with van der Waals surface area (Å²) in [5.41, 5.74) is 2.39. The van der Waals surface area contributed by atoms with Crippen molar-refractivity contribution in [2.24, 2.45) is 50.2 Å². The molecule has 0 aromatic heterocycles. The number of benzene rings is 1. The van der Waals surface area contributed by atoms with Gasteiger partial charge in [0, 0.05) is 18.3 Å². The predicted octanol–water partition coefficient (Wildman–Crippen LogP) is 9.70. The van der Waals surface area contributed by atoms with Gasteiger partial charge in [0.1, 0.15) is 12.7 Å². The Morgan fingerprint density at radius 3 is 2.25 bits per heavy atom. The van der Waals surface area contributed by atoms with Crippen LogP contribution in [0, 0.1) is 50.2 Å². The quantitative estimate of drug-likeness (QED) is 0.221. The second-order valence-corrected chi connectivity index (χ2v) is 18.5. The molecule has 0 spiro atoms. The summed E-state index contributed by atoms with van der Waals surface area (Å²) in [6.45, 7) is 17.4. The lowest BCUT2D eigenvalue weighted by atomic mass is 9.33. The first kappa shape index (κ1) is 35.2. The monoisotopic (exact) mass is 660 g/mol. The van der Waals surface area contributed by atoms with Gasteiger partial charge in [-0.15, -0.1) is 0 Å². The van der Waals surface area contributed by atoms with Crippen LogP contribution in [0.3, 0.4) is 0 Å². The molecule has 6 heteroatoms. The van der Waals surface area contributed by atoms with Gasteiger partial charge in [-0.3, -0.25) is 14.4 Å². The van der Waals surface area contributed by atoms with E-state index in [1.165, 1.54) is 0 Å². The summed E-state index contributed by atoms with van der Waals surface area (Å²) < 4.78 is 12.3. The Bertz CT molecular complexity index is 1440. The van der Waals surface area contributed by atoms with Crippen LogP contribution in [0.25, 0.3) is 0 Å². The zero-order chi connectivity index (χ0) is 34.8. The molecule has 6 rings (SSSR count). The molecule has 0 bridgehead atoms. The largest absolute Gasteiger partial charge is 0.481 e. The van der Waals surface area contributed by atoms with Gasteiger partial charge in [-0.2, -0.15) is 0 Å². The Morgan fingerprint density at radius 1 is 0.833 bits per heavy atom. The third kappa shape index (κ3) is 5.65. The van der Waals surface area contributed by atoms with Crippen LogP contribution in [0.4, 0.5) is 0 Å². The molecule has 4 fully saturated rings. The van der Waals surface area contributed by atoms with Crippen molar-refractivity contribution >= 4 is 17.9 Å².